The summed E-state index contributed by atoms with van der Waals surface area (Å²) in [6, 6.07) is 0. The van der Waals surface area contributed by atoms with E-state index in [9.17, 15) is 19.8 Å². The number of nitrogens with zero attached hydrogens (tertiary/aromatic N) is 3. The van der Waals surface area contributed by atoms with Gasteiger partial charge in [0.05, 0.1) is 25.0 Å². The van der Waals surface area contributed by atoms with E-state index in [1.807, 2.05) is 6.92 Å². The molecule has 0 spiro atoms. The van der Waals surface area contributed by atoms with Gasteiger partial charge in [0.15, 0.2) is 11.2 Å². The Hall–Kier alpha value is -2.76. The number of aliphatic hydroxyl groups is 2. The Morgan fingerprint density at radius 1 is 1.45 bits per heavy atom. The summed E-state index contributed by atoms with van der Waals surface area (Å²) in [5, 5.41) is 31.5. The Morgan fingerprint density at radius 3 is 2.94 bits per heavy atom. The van der Waals surface area contributed by atoms with E-state index in [-0.39, 0.29) is 24.1 Å². The van der Waals surface area contributed by atoms with Crippen molar-refractivity contribution in [1.82, 2.24) is 19.5 Å². The number of allylic oxidation sites excluding steroid dienone is 1. The molecule has 11 nitrogen and oxygen atoms in total. The standard InChI is InChI=1S/C20H29N5O6/c1-2-6-12(19(29)30)7-4-3-5-8-21-20-23-17-16(18(28)24-20)22-11-25(17)15-9-13(27)14(10-26)31-15/h2,6,11-15,26-27H,3-5,7-10H2,1H3,(H,29,30)(H2,21,23,24,28)/b6-2+/t12?,13-,14+,15+/m0/s1. The summed E-state index contributed by atoms with van der Waals surface area (Å²) in [6.07, 6.45) is 6.10. The van der Waals surface area contributed by atoms with Crippen LogP contribution in [0.2, 0.25) is 0 Å². The van der Waals surface area contributed by atoms with E-state index in [1.54, 1.807) is 16.7 Å². The topological polar surface area (TPSA) is 163 Å². The second-order valence-corrected chi connectivity index (χ2v) is 7.60. The highest BCUT2D eigenvalue weighted by atomic mass is 16.5. The van der Waals surface area contributed by atoms with Crippen molar-refractivity contribution in [3.05, 3.63) is 28.8 Å². The fourth-order valence-corrected chi connectivity index (χ4v) is 3.68. The van der Waals surface area contributed by atoms with E-state index in [0.29, 0.717) is 24.6 Å². The van der Waals surface area contributed by atoms with E-state index < -0.39 is 30.3 Å². The van der Waals surface area contributed by atoms with Crippen LogP contribution in [-0.2, 0) is 9.53 Å². The molecule has 31 heavy (non-hydrogen) atoms. The molecule has 4 atom stereocenters. The highest BCUT2D eigenvalue weighted by Crippen LogP contribution is 2.30. The van der Waals surface area contributed by atoms with Crippen molar-refractivity contribution < 1.29 is 24.9 Å². The Morgan fingerprint density at radius 2 is 2.26 bits per heavy atom. The lowest BCUT2D eigenvalue weighted by atomic mass is 10.0. The molecule has 3 heterocycles. The lowest BCUT2D eigenvalue weighted by Crippen LogP contribution is -2.24. The Balaban J connectivity index is 1.57. The predicted molar refractivity (Wildman–Crippen MR) is 113 cm³/mol. The van der Waals surface area contributed by atoms with Crippen molar-refractivity contribution in [3.8, 4) is 0 Å². The van der Waals surface area contributed by atoms with Crippen molar-refractivity contribution in [2.45, 2.75) is 57.5 Å². The van der Waals surface area contributed by atoms with Crippen LogP contribution in [0, 0.1) is 5.92 Å². The summed E-state index contributed by atoms with van der Waals surface area (Å²) in [7, 11) is 0. The van der Waals surface area contributed by atoms with Crippen LogP contribution in [0.25, 0.3) is 11.2 Å². The molecule has 1 aliphatic heterocycles. The average Bonchev–Trinajstić information content (AvgIpc) is 3.32. The molecule has 170 valence electrons. The molecule has 0 bridgehead atoms. The summed E-state index contributed by atoms with van der Waals surface area (Å²) < 4.78 is 7.22. The molecular formula is C20H29N5O6. The SMILES string of the molecule is C/C=C/C(CCCCCNc1nc2c(ncn2[C@H]2C[C@H](O)[C@@H](CO)O2)c(=O)[nH]1)C(=O)O. The van der Waals surface area contributed by atoms with Crippen LogP contribution in [0.1, 0.15) is 45.3 Å². The number of H-pyrrole nitrogens is 1. The largest absolute Gasteiger partial charge is 0.481 e. The molecule has 0 radical (unpaired) electrons. The number of hydrogen-bond donors (Lipinski definition) is 5. The maximum atomic E-state index is 12.3. The third-order valence-electron chi connectivity index (χ3n) is 5.35. The van der Waals surface area contributed by atoms with Gasteiger partial charge in [0.1, 0.15) is 12.3 Å². The summed E-state index contributed by atoms with van der Waals surface area (Å²) in [6.45, 7) is 2.07. The molecule has 0 amide bonds. The van der Waals surface area contributed by atoms with E-state index in [0.717, 1.165) is 19.3 Å². The minimum Gasteiger partial charge on any atom is -0.481 e. The quantitative estimate of drug-likeness (QED) is 0.256. The zero-order valence-electron chi connectivity index (χ0n) is 17.4. The maximum absolute atomic E-state index is 12.3. The first-order valence-electron chi connectivity index (χ1n) is 10.4. The Kier molecular flexibility index (Phi) is 7.77. The van der Waals surface area contributed by atoms with Gasteiger partial charge in [-0.1, -0.05) is 25.0 Å². The molecule has 1 aliphatic rings. The molecule has 11 heteroatoms. The van der Waals surface area contributed by atoms with Gasteiger partial charge in [0.25, 0.3) is 5.56 Å². The number of aromatic amines is 1. The van der Waals surface area contributed by atoms with Crippen molar-refractivity contribution >= 4 is 23.1 Å². The number of aliphatic hydroxyl groups excluding tert-OH is 2. The van der Waals surface area contributed by atoms with Gasteiger partial charge >= 0.3 is 5.97 Å². The van der Waals surface area contributed by atoms with E-state index in [4.69, 9.17) is 9.84 Å². The van der Waals surface area contributed by atoms with Crippen LogP contribution in [0.3, 0.4) is 0 Å². The van der Waals surface area contributed by atoms with E-state index in [1.165, 1.54) is 6.33 Å². The lowest BCUT2D eigenvalue weighted by molar-refractivity contribution is -0.140. The molecule has 0 aliphatic carbocycles. The Labute approximate surface area is 178 Å². The first kappa shape index (κ1) is 22.9. The molecule has 1 fully saturated rings. The minimum atomic E-state index is -0.813. The highest BCUT2D eigenvalue weighted by Gasteiger charge is 2.35. The van der Waals surface area contributed by atoms with Crippen molar-refractivity contribution in [1.29, 1.82) is 0 Å². The van der Waals surface area contributed by atoms with E-state index in [2.05, 4.69) is 20.3 Å². The van der Waals surface area contributed by atoms with Gasteiger partial charge in [-0.15, -0.1) is 0 Å². The number of nitrogens with one attached hydrogen (secondary N) is 2. The van der Waals surface area contributed by atoms with Crippen molar-refractivity contribution in [3.63, 3.8) is 0 Å². The van der Waals surface area contributed by atoms with Crippen molar-refractivity contribution in [2.24, 2.45) is 5.92 Å². The van der Waals surface area contributed by atoms with Crippen LogP contribution in [0.5, 0.6) is 0 Å². The molecule has 0 saturated carbocycles. The van der Waals surface area contributed by atoms with Crippen molar-refractivity contribution in [2.75, 3.05) is 18.5 Å². The second kappa shape index (κ2) is 10.5. The van der Waals surface area contributed by atoms with Gasteiger partial charge in [0.2, 0.25) is 5.95 Å². The third-order valence-corrected chi connectivity index (χ3v) is 5.35. The predicted octanol–water partition coefficient (Wildman–Crippen LogP) is 1.01. The number of aliphatic carboxylic acids is 1. The van der Waals surface area contributed by atoms with Crippen LogP contribution in [-0.4, -0.2) is 66.2 Å². The van der Waals surface area contributed by atoms with Gasteiger partial charge in [-0.05, 0) is 19.8 Å². The molecule has 1 saturated heterocycles. The summed E-state index contributed by atoms with van der Waals surface area (Å²) in [4.78, 5) is 34.7. The van der Waals surface area contributed by atoms with E-state index >= 15 is 0 Å². The number of rotatable bonds is 11. The number of carboxylic acid groups (broad SMARTS) is 1. The molecule has 5 N–H and O–H groups in total. The van der Waals surface area contributed by atoms with Gasteiger partial charge < -0.3 is 25.4 Å². The number of hydrogen-bond acceptors (Lipinski definition) is 8. The van der Waals surface area contributed by atoms with Crippen LogP contribution in [0.15, 0.2) is 23.3 Å². The number of ether oxygens (including phenoxy) is 1. The molecule has 2 aromatic rings. The highest BCUT2D eigenvalue weighted by molar-refractivity contribution is 5.72. The lowest BCUT2D eigenvalue weighted by Gasteiger charge is -2.14. The number of fused-ring (bicyclic) bond motifs is 1. The third kappa shape index (κ3) is 5.49. The number of aromatic nitrogens is 4. The van der Waals surface area contributed by atoms with Crippen LogP contribution in [0.4, 0.5) is 5.95 Å². The maximum Gasteiger partial charge on any atom is 0.310 e. The minimum absolute atomic E-state index is 0.166. The molecule has 2 aromatic heterocycles. The zero-order valence-corrected chi connectivity index (χ0v) is 17.4. The van der Waals surface area contributed by atoms with Gasteiger partial charge in [-0.3, -0.25) is 19.1 Å². The summed E-state index contributed by atoms with van der Waals surface area (Å²) >= 11 is 0. The normalized spacial score (nSPS) is 22.4. The van der Waals surface area contributed by atoms with Crippen LogP contribution < -0.4 is 10.9 Å². The molecule has 3 rings (SSSR count). The van der Waals surface area contributed by atoms with Gasteiger partial charge in [-0.2, -0.15) is 4.98 Å². The van der Waals surface area contributed by atoms with Gasteiger partial charge in [0, 0.05) is 13.0 Å². The molecule has 0 aromatic carbocycles. The molecular weight excluding hydrogens is 406 g/mol. The number of imidazole rings is 1. The first-order chi connectivity index (χ1) is 14.9. The fourth-order valence-electron chi connectivity index (χ4n) is 3.68. The second-order valence-electron chi connectivity index (χ2n) is 7.60. The fraction of sp³-hybridized carbons (Fsp3) is 0.600. The van der Waals surface area contributed by atoms with Gasteiger partial charge in [-0.25, -0.2) is 4.98 Å². The molecule has 1 unspecified atom stereocenters. The summed E-state index contributed by atoms with van der Waals surface area (Å²) in [5.74, 6) is -0.971. The van der Waals surface area contributed by atoms with Crippen LogP contribution >= 0.6 is 0 Å². The number of unbranched alkanes of at least 4 members (excludes halogenated alkanes) is 2. The number of carboxylic acids is 1. The number of anilines is 1. The number of carbonyl (C=O) groups is 1. The smallest absolute Gasteiger partial charge is 0.310 e. The summed E-state index contributed by atoms with van der Waals surface area (Å²) in [5.41, 5.74) is 0.108. The Bertz CT molecular complexity index is 971. The monoisotopic (exact) mass is 435 g/mol. The average molecular weight is 435 g/mol. The first-order valence-corrected chi connectivity index (χ1v) is 10.4. The zero-order chi connectivity index (χ0) is 22.4.